The van der Waals surface area contributed by atoms with E-state index in [4.69, 9.17) is 29.5 Å². The molecule has 3 saturated heterocycles. The summed E-state index contributed by atoms with van der Waals surface area (Å²) >= 11 is 0. The van der Waals surface area contributed by atoms with E-state index in [2.05, 4.69) is 79.7 Å². The van der Waals surface area contributed by atoms with Gasteiger partial charge in [-0.15, -0.1) is 0 Å². The molecular formula is C44H50N20O19. The van der Waals surface area contributed by atoms with Crippen LogP contribution in [-0.2, 0) is 14.2 Å². The van der Waals surface area contributed by atoms with E-state index >= 15 is 0 Å². The molecule has 440 valence electrons. The quantitative estimate of drug-likeness (QED) is 0.0735. The third-order valence-corrected chi connectivity index (χ3v) is 12.3. The lowest BCUT2D eigenvalue weighted by Gasteiger charge is -2.16. The Kier molecular flexibility index (Phi) is 18.8. The van der Waals surface area contributed by atoms with Gasteiger partial charge in [-0.1, -0.05) is 0 Å². The van der Waals surface area contributed by atoms with E-state index in [1.807, 2.05) is 4.98 Å². The lowest BCUT2D eigenvalue weighted by atomic mass is 10.1. The number of hydrogen-bond donors (Lipinski definition) is 17. The number of hydrogen-bond acceptors (Lipinski definition) is 27. The van der Waals surface area contributed by atoms with E-state index in [-0.39, 0.29) is 53.1 Å². The van der Waals surface area contributed by atoms with Crippen molar-refractivity contribution in [2.75, 3.05) is 19.8 Å². The molecule has 10 aromatic rings. The summed E-state index contributed by atoms with van der Waals surface area (Å²) in [7, 11) is 0. The first kappa shape index (κ1) is 59.4. The molecule has 13 rings (SSSR count). The zero-order valence-electron chi connectivity index (χ0n) is 42.5. The Balaban J connectivity index is 0.000000133. The second-order valence-electron chi connectivity index (χ2n) is 17.7. The van der Waals surface area contributed by atoms with Crippen molar-refractivity contribution in [3.63, 3.8) is 0 Å². The molecule has 3 aliphatic rings. The van der Waals surface area contributed by atoms with Crippen LogP contribution in [0.1, 0.15) is 30.7 Å². The summed E-state index contributed by atoms with van der Waals surface area (Å²) in [5.74, 6) is 0. The maximum Gasteiger partial charge on any atom is 0.330 e. The molecule has 0 spiro atoms. The Morgan fingerprint density at radius 1 is 0.566 bits per heavy atom. The highest BCUT2D eigenvalue weighted by molar-refractivity contribution is 5.70. The van der Waals surface area contributed by atoms with E-state index < -0.39 is 108 Å². The van der Waals surface area contributed by atoms with Crippen LogP contribution in [0.15, 0.2) is 107 Å². The third-order valence-electron chi connectivity index (χ3n) is 12.3. The van der Waals surface area contributed by atoms with Crippen LogP contribution in [0.2, 0.25) is 0 Å². The SMILES string of the molecule is Cc1cn([C@H]2C[C@H](O)[C@@H](CO)O2)c(=O)[nH]c1=O.O=c1[nH]c(=O)c2[nH]cnc2[nH]1.O=c1[nH]cnc2c1ncn2[C@@H]1O[C@H](CO)[C@@H](O)[C@H]1O.O=c1[nH]cnc2nc[nH]c12.O=c1cc[nH]c(=O)[nH]1.OC[C@H]1O[C@@H](n2cnc3cncnc32)[C@H](O)[C@@H]1O. The second-order valence-corrected chi connectivity index (χ2v) is 17.7. The van der Waals surface area contributed by atoms with E-state index in [9.17, 15) is 63.9 Å². The van der Waals surface area contributed by atoms with Gasteiger partial charge in [-0.2, -0.15) is 0 Å². The molecule has 17 N–H and O–H groups in total. The van der Waals surface area contributed by atoms with E-state index in [0.29, 0.717) is 27.9 Å². The van der Waals surface area contributed by atoms with Gasteiger partial charge in [-0.05, 0) is 6.92 Å². The average molecular weight is 1160 g/mol. The Hall–Kier alpha value is -9.68. The first-order valence-corrected chi connectivity index (χ1v) is 24.2. The molecule has 3 fully saturated rings. The molecule has 13 heterocycles. The van der Waals surface area contributed by atoms with Crippen molar-refractivity contribution in [3.8, 4) is 0 Å². The lowest BCUT2D eigenvalue weighted by Crippen LogP contribution is -2.33. The minimum atomic E-state index is -1.24. The molecule has 11 atom stereocenters. The Labute approximate surface area is 455 Å². The number of H-pyrrole nitrogens is 9. The van der Waals surface area contributed by atoms with Gasteiger partial charge in [0.1, 0.15) is 66.3 Å². The zero-order chi connectivity index (χ0) is 59.6. The van der Waals surface area contributed by atoms with Crippen LogP contribution in [0.5, 0.6) is 0 Å². The van der Waals surface area contributed by atoms with E-state index in [0.717, 1.165) is 0 Å². The van der Waals surface area contributed by atoms with Crippen molar-refractivity contribution >= 4 is 44.7 Å². The minimum absolute atomic E-state index is 0.111. The first-order valence-electron chi connectivity index (χ1n) is 24.2. The molecule has 39 nitrogen and oxygen atoms in total. The van der Waals surface area contributed by atoms with Crippen molar-refractivity contribution < 1.29 is 55.1 Å². The predicted molar refractivity (Wildman–Crippen MR) is 277 cm³/mol. The van der Waals surface area contributed by atoms with Crippen molar-refractivity contribution in [2.24, 2.45) is 0 Å². The summed E-state index contributed by atoms with van der Waals surface area (Å²) in [6.07, 6.45) is 3.48. The summed E-state index contributed by atoms with van der Waals surface area (Å²) in [6.45, 7) is 0.476. The van der Waals surface area contributed by atoms with Gasteiger partial charge in [0, 0.05) is 30.4 Å². The fourth-order valence-electron chi connectivity index (χ4n) is 8.12. The van der Waals surface area contributed by atoms with Crippen molar-refractivity contribution in [1.29, 1.82) is 0 Å². The number of imidazole rings is 4. The van der Waals surface area contributed by atoms with Gasteiger partial charge in [0.25, 0.3) is 27.8 Å². The van der Waals surface area contributed by atoms with Crippen LogP contribution in [0.3, 0.4) is 0 Å². The number of aromatic amines is 9. The highest BCUT2D eigenvalue weighted by atomic mass is 16.6. The van der Waals surface area contributed by atoms with Crippen molar-refractivity contribution in [1.82, 2.24) is 98.4 Å². The Bertz CT molecular complexity index is 4260. The molecule has 0 bridgehead atoms. The standard InChI is InChI=1S/C10H12N4O5.C10H12N4O4.C10H14N2O5.C5H4N4O2.C5H4N4O.C4H4N2O2/c15-1-4-6(16)7(17)10(19-4)14-3-13-5-8(14)11-2-12-9(5)18;15-2-6-7(16)8(17)10(18-6)14-4-13-5-1-11-3-12-9(5)14;1-5-3-12(10(16)11-9(5)15)8-2-6(14)7(4-13)17-8;10-4-2-3(7-1-6-2)8-5(11)9-4;10-5-3-4(7-1-6-3)8-2-9-5;7-3-1-2-5-4(8)6-3/h2-4,6-7,10,15-17H,1H2,(H,11,12,18);1,3-4,6-8,10,15-17H,2H2;3,6-8,13-14H,2,4H2,1H3,(H,11,15,16);1H,(H3,6,7,8,9,10,11);1-2H,(H2,6,7,8,9,10);1-2H,(H2,5,6,7,8)/t4-,6-,7-,10-;6-,7-,8-,10-;6-,7+,8+;;;/m110.../s1. The summed E-state index contributed by atoms with van der Waals surface area (Å²) in [4.78, 5) is 139. The van der Waals surface area contributed by atoms with Gasteiger partial charge in [-0.3, -0.25) is 57.6 Å². The fourth-order valence-corrected chi connectivity index (χ4v) is 8.12. The molecule has 3 aliphatic heterocycles. The topological polar surface area (TPSA) is 586 Å². The van der Waals surface area contributed by atoms with Gasteiger partial charge in [0.05, 0.1) is 70.1 Å². The summed E-state index contributed by atoms with van der Waals surface area (Å²) in [5.41, 5.74) is -0.265. The average Bonchev–Trinajstić information content (AvgIpc) is 3.80. The summed E-state index contributed by atoms with van der Waals surface area (Å²) < 4.78 is 20.2. The normalized spacial score (nSPS) is 23.5. The maximum absolute atomic E-state index is 11.6. The molecule has 0 amide bonds. The largest absolute Gasteiger partial charge is 0.394 e. The number of aryl methyl sites for hydroxylation is 1. The Morgan fingerprint density at radius 3 is 1.80 bits per heavy atom. The first-order chi connectivity index (χ1) is 39.8. The number of ether oxygens (including phenoxy) is 3. The summed E-state index contributed by atoms with van der Waals surface area (Å²) in [6, 6.07) is 1.24. The summed E-state index contributed by atoms with van der Waals surface area (Å²) in [5, 5.41) is 75.8. The maximum atomic E-state index is 11.6. The van der Waals surface area contributed by atoms with Gasteiger partial charge in [0.15, 0.2) is 46.1 Å². The second kappa shape index (κ2) is 26.3. The number of rotatable bonds is 6. The minimum Gasteiger partial charge on any atom is -0.394 e. The van der Waals surface area contributed by atoms with Crippen LogP contribution in [0.4, 0.5) is 0 Å². The lowest BCUT2D eigenvalue weighted by molar-refractivity contribution is -0.0511. The number of aromatic nitrogens is 20. The number of fused-ring (bicyclic) bond motifs is 4. The van der Waals surface area contributed by atoms with Gasteiger partial charge >= 0.3 is 17.1 Å². The fraction of sp³-hybridized carbons (Fsp3) is 0.364. The van der Waals surface area contributed by atoms with E-state index in [1.54, 1.807) is 13.1 Å². The molecule has 0 unspecified atom stereocenters. The van der Waals surface area contributed by atoms with Crippen LogP contribution < -0.4 is 44.9 Å². The van der Waals surface area contributed by atoms with E-state index in [1.165, 1.54) is 76.5 Å². The van der Waals surface area contributed by atoms with Crippen LogP contribution in [0.25, 0.3) is 44.7 Å². The molecule has 0 aliphatic carbocycles. The smallest absolute Gasteiger partial charge is 0.330 e. The molecule has 0 aromatic carbocycles. The molecule has 83 heavy (non-hydrogen) atoms. The van der Waals surface area contributed by atoms with Gasteiger partial charge in [0.2, 0.25) is 0 Å². The van der Waals surface area contributed by atoms with Gasteiger partial charge < -0.3 is 80.0 Å². The number of aliphatic hydroxyl groups excluding tert-OH is 8. The van der Waals surface area contributed by atoms with Crippen LogP contribution in [-0.4, -0.2) is 208 Å². The zero-order valence-corrected chi connectivity index (χ0v) is 42.5. The number of aliphatic hydroxyl groups is 8. The van der Waals surface area contributed by atoms with Crippen LogP contribution in [0, 0.1) is 6.92 Å². The van der Waals surface area contributed by atoms with Crippen molar-refractivity contribution in [3.05, 3.63) is 158 Å². The Morgan fingerprint density at radius 2 is 1.18 bits per heavy atom. The van der Waals surface area contributed by atoms with Crippen molar-refractivity contribution in [2.45, 2.75) is 80.9 Å². The number of nitrogens with zero attached hydrogens (tertiary/aromatic N) is 11. The molecule has 10 aromatic heterocycles. The highest BCUT2D eigenvalue weighted by Gasteiger charge is 2.45. The monoisotopic (exact) mass is 1160 g/mol. The van der Waals surface area contributed by atoms with Crippen LogP contribution >= 0.6 is 0 Å². The third kappa shape index (κ3) is 13.4. The molecule has 0 saturated carbocycles. The predicted octanol–water partition coefficient (Wildman–Crippen LogP) is -7.70. The number of nitrogens with one attached hydrogen (secondary N) is 9. The molecule has 0 radical (unpaired) electrons. The molecule has 39 heteroatoms. The highest BCUT2D eigenvalue weighted by Crippen LogP contribution is 2.32. The molecular weight excluding hydrogens is 1110 g/mol. The van der Waals surface area contributed by atoms with Gasteiger partial charge in [-0.25, -0.2) is 54.3 Å².